The lowest BCUT2D eigenvalue weighted by Gasteiger charge is -2.07. The molecule has 0 spiro atoms. The highest BCUT2D eigenvalue weighted by molar-refractivity contribution is 7.91. The van der Waals surface area contributed by atoms with Crippen LogP contribution in [0.25, 0.3) is 0 Å². The number of nitrogens with zero attached hydrogens (tertiary/aromatic N) is 2. The molecule has 2 aromatic rings. The molecule has 0 atom stereocenters. The summed E-state index contributed by atoms with van der Waals surface area (Å²) in [4.78, 5) is 7.69. The summed E-state index contributed by atoms with van der Waals surface area (Å²) in [6.07, 6.45) is 2.79. The molecule has 19 heavy (non-hydrogen) atoms. The van der Waals surface area contributed by atoms with Gasteiger partial charge in [-0.2, -0.15) is 0 Å². The fraction of sp³-hybridized carbons (Fsp3) is 0.200. The van der Waals surface area contributed by atoms with Crippen molar-refractivity contribution >= 4 is 33.0 Å². The van der Waals surface area contributed by atoms with E-state index in [9.17, 15) is 8.42 Å². The van der Waals surface area contributed by atoms with Gasteiger partial charge in [0, 0.05) is 18.3 Å². The molecule has 0 saturated heterocycles. The Morgan fingerprint density at radius 2 is 2.26 bits per heavy atom. The number of halogens is 1. The average molecular weight is 320 g/mol. The number of hydrogen-bond acceptors (Lipinski definition) is 6. The molecule has 102 valence electrons. The second-order valence-electron chi connectivity index (χ2n) is 3.43. The number of thiazole rings is 1. The Balaban J connectivity index is 2.14. The van der Waals surface area contributed by atoms with E-state index >= 15 is 0 Å². The van der Waals surface area contributed by atoms with Gasteiger partial charge in [-0.3, -0.25) is 0 Å². The van der Waals surface area contributed by atoms with Crippen molar-refractivity contribution in [3.8, 4) is 5.88 Å². The van der Waals surface area contributed by atoms with Gasteiger partial charge in [0.15, 0.2) is 8.68 Å². The summed E-state index contributed by atoms with van der Waals surface area (Å²) in [6, 6.07) is 3.43. The summed E-state index contributed by atoms with van der Waals surface area (Å²) < 4.78 is 31.7. The minimum Gasteiger partial charge on any atom is -0.481 e. The zero-order valence-electron chi connectivity index (χ0n) is 9.83. The van der Waals surface area contributed by atoms with Gasteiger partial charge in [-0.1, -0.05) is 29.0 Å². The second kappa shape index (κ2) is 5.83. The van der Waals surface area contributed by atoms with Crippen LogP contribution in [-0.2, 0) is 16.6 Å². The van der Waals surface area contributed by atoms with Crippen LogP contribution in [0.1, 0.15) is 5.56 Å². The Kier molecular flexibility index (Phi) is 4.35. The molecule has 0 radical (unpaired) electrons. The molecule has 1 N–H and O–H groups in total. The van der Waals surface area contributed by atoms with Gasteiger partial charge >= 0.3 is 0 Å². The number of rotatable bonds is 5. The first-order valence-electron chi connectivity index (χ1n) is 5.12. The van der Waals surface area contributed by atoms with Crippen LogP contribution in [0, 0.1) is 0 Å². The second-order valence-corrected chi connectivity index (χ2v) is 7.04. The van der Waals surface area contributed by atoms with Gasteiger partial charge in [-0.05, 0) is 6.07 Å². The minimum atomic E-state index is -3.62. The molecule has 0 aliphatic heterocycles. The summed E-state index contributed by atoms with van der Waals surface area (Å²) >= 11 is 6.51. The number of pyridine rings is 1. The molecular formula is C10H10ClN3O3S2. The average Bonchev–Trinajstić information content (AvgIpc) is 2.84. The maximum atomic E-state index is 12.0. The van der Waals surface area contributed by atoms with Crippen molar-refractivity contribution in [2.75, 3.05) is 7.11 Å². The molecule has 6 nitrogen and oxygen atoms in total. The van der Waals surface area contributed by atoms with Crippen molar-refractivity contribution < 1.29 is 13.2 Å². The molecule has 2 heterocycles. The topological polar surface area (TPSA) is 81.2 Å². The van der Waals surface area contributed by atoms with Crippen molar-refractivity contribution in [1.82, 2.24) is 14.7 Å². The third kappa shape index (κ3) is 3.41. The van der Waals surface area contributed by atoms with E-state index in [1.165, 1.54) is 13.3 Å². The number of hydrogen-bond donors (Lipinski definition) is 1. The SMILES string of the molecule is COc1ncccc1CNS(=O)(=O)c1cnc(Cl)s1. The maximum Gasteiger partial charge on any atom is 0.252 e. The first-order chi connectivity index (χ1) is 9.03. The van der Waals surface area contributed by atoms with Gasteiger partial charge in [0.1, 0.15) is 0 Å². The largest absolute Gasteiger partial charge is 0.481 e. The third-order valence-corrected chi connectivity index (χ3v) is 5.19. The fourth-order valence-electron chi connectivity index (χ4n) is 1.35. The third-order valence-electron chi connectivity index (χ3n) is 2.22. The smallest absolute Gasteiger partial charge is 0.252 e. The van der Waals surface area contributed by atoms with Crippen LogP contribution < -0.4 is 9.46 Å². The number of methoxy groups -OCH3 is 1. The quantitative estimate of drug-likeness (QED) is 0.906. The normalized spacial score (nSPS) is 11.5. The van der Waals surface area contributed by atoms with Crippen LogP contribution >= 0.6 is 22.9 Å². The number of ether oxygens (including phenoxy) is 1. The summed E-state index contributed by atoms with van der Waals surface area (Å²) in [6.45, 7) is 0.0782. The predicted molar refractivity (Wildman–Crippen MR) is 71.9 cm³/mol. The van der Waals surface area contributed by atoms with Crippen molar-refractivity contribution in [3.63, 3.8) is 0 Å². The van der Waals surface area contributed by atoms with Crippen LogP contribution in [0.15, 0.2) is 28.7 Å². The van der Waals surface area contributed by atoms with Crippen LogP contribution in [-0.4, -0.2) is 25.5 Å². The number of aromatic nitrogens is 2. The van der Waals surface area contributed by atoms with Crippen LogP contribution in [0.2, 0.25) is 4.47 Å². The van der Waals surface area contributed by atoms with Crippen LogP contribution in [0.4, 0.5) is 0 Å². The van der Waals surface area contributed by atoms with Gasteiger partial charge in [0.05, 0.1) is 13.3 Å². The molecule has 0 bridgehead atoms. The predicted octanol–water partition coefficient (Wildman–Crippen LogP) is 1.68. The standard InChI is InChI=1S/C10H10ClN3O3S2/c1-17-9-7(3-2-4-12-9)5-14-19(15,16)8-6-13-10(11)18-8/h2-4,6,14H,5H2,1H3. The van der Waals surface area contributed by atoms with E-state index in [1.54, 1.807) is 18.3 Å². The Morgan fingerprint density at radius 1 is 1.47 bits per heavy atom. The Labute approximate surface area is 119 Å². The van der Waals surface area contributed by atoms with Crippen molar-refractivity contribution in [2.45, 2.75) is 10.8 Å². The van der Waals surface area contributed by atoms with Gasteiger partial charge in [0.25, 0.3) is 10.0 Å². The van der Waals surface area contributed by atoms with Crippen molar-refractivity contribution in [1.29, 1.82) is 0 Å². The molecule has 0 aliphatic rings. The number of sulfonamides is 1. The highest BCUT2D eigenvalue weighted by atomic mass is 35.5. The highest BCUT2D eigenvalue weighted by Crippen LogP contribution is 2.22. The lowest BCUT2D eigenvalue weighted by molar-refractivity contribution is 0.392. The lowest BCUT2D eigenvalue weighted by Crippen LogP contribution is -2.22. The minimum absolute atomic E-state index is 0.0698. The van der Waals surface area contributed by atoms with Gasteiger partial charge in [-0.15, -0.1) is 0 Å². The maximum absolute atomic E-state index is 12.0. The molecule has 0 aromatic carbocycles. The molecule has 0 aliphatic carbocycles. The molecular weight excluding hydrogens is 310 g/mol. The summed E-state index contributed by atoms with van der Waals surface area (Å²) in [7, 11) is -2.15. The molecule has 0 saturated carbocycles. The van der Waals surface area contributed by atoms with E-state index in [2.05, 4.69) is 14.7 Å². The summed E-state index contributed by atoms with van der Waals surface area (Å²) in [5, 5.41) is 0. The highest BCUT2D eigenvalue weighted by Gasteiger charge is 2.18. The monoisotopic (exact) mass is 319 g/mol. The summed E-state index contributed by atoms with van der Waals surface area (Å²) in [5.41, 5.74) is 0.643. The molecule has 0 amide bonds. The first-order valence-corrected chi connectivity index (χ1v) is 7.79. The van der Waals surface area contributed by atoms with E-state index in [1.807, 2.05) is 0 Å². The molecule has 2 rings (SSSR count). The van der Waals surface area contributed by atoms with Crippen LogP contribution in [0.5, 0.6) is 5.88 Å². The van der Waals surface area contributed by atoms with E-state index in [0.717, 1.165) is 11.3 Å². The van der Waals surface area contributed by atoms with E-state index in [4.69, 9.17) is 16.3 Å². The Bertz CT molecular complexity index is 672. The zero-order chi connectivity index (χ0) is 13.9. The van der Waals surface area contributed by atoms with Crippen molar-refractivity contribution in [3.05, 3.63) is 34.6 Å². The molecule has 0 fully saturated rings. The van der Waals surface area contributed by atoms with Crippen LogP contribution in [0.3, 0.4) is 0 Å². The Morgan fingerprint density at radius 3 is 2.89 bits per heavy atom. The summed E-state index contributed by atoms with van der Waals surface area (Å²) in [5.74, 6) is 0.382. The van der Waals surface area contributed by atoms with Crippen molar-refractivity contribution in [2.24, 2.45) is 0 Å². The van der Waals surface area contributed by atoms with Gasteiger partial charge in [-0.25, -0.2) is 23.1 Å². The molecule has 2 aromatic heterocycles. The van der Waals surface area contributed by atoms with E-state index in [0.29, 0.717) is 11.4 Å². The van der Waals surface area contributed by atoms with E-state index < -0.39 is 10.0 Å². The fourth-order valence-corrected chi connectivity index (χ4v) is 3.69. The zero-order valence-corrected chi connectivity index (χ0v) is 12.2. The first kappa shape index (κ1) is 14.2. The Hall–Kier alpha value is -1.22. The number of nitrogens with one attached hydrogen (secondary N) is 1. The van der Waals surface area contributed by atoms with Gasteiger partial charge < -0.3 is 4.74 Å². The van der Waals surface area contributed by atoms with E-state index in [-0.39, 0.29) is 15.2 Å². The van der Waals surface area contributed by atoms with Gasteiger partial charge in [0.2, 0.25) is 5.88 Å². The molecule has 9 heteroatoms. The lowest BCUT2D eigenvalue weighted by atomic mass is 10.3. The molecule has 0 unspecified atom stereocenters.